The van der Waals surface area contributed by atoms with Crippen molar-refractivity contribution in [2.45, 2.75) is 59.8 Å². The van der Waals surface area contributed by atoms with Crippen LogP contribution >= 0.6 is 11.6 Å². The predicted molar refractivity (Wildman–Crippen MR) is 93.7 cm³/mol. The summed E-state index contributed by atoms with van der Waals surface area (Å²) in [4.78, 5) is 0. The van der Waals surface area contributed by atoms with Gasteiger partial charge in [-0.3, -0.25) is 0 Å². The van der Waals surface area contributed by atoms with Crippen LogP contribution in [-0.4, -0.2) is 17.6 Å². The standard InChI is InChI=1S/C19H33ClO/c1-13(2)18(16(5)10-14(3)12-21)9-6-15(4)19(11-20)17-7-8-17/h15-17,19,21H,3,6-12H2,1-2,4-5H3. The SMILES string of the molecule is C=C(CO)CC(C)C(CCC(C)C(CCl)C1CC1)=C(C)C. The molecule has 1 rings (SSSR count). The van der Waals surface area contributed by atoms with E-state index < -0.39 is 0 Å². The highest BCUT2D eigenvalue weighted by atomic mass is 35.5. The molecule has 1 N–H and O–H groups in total. The minimum absolute atomic E-state index is 0.104. The molecular formula is C19H33ClO. The molecule has 0 aromatic rings. The Morgan fingerprint density at radius 2 is 1.90 bits per heavy atom. The maximum Gasteiger partial charge on any atom is 0.0639 e. The molecule has 0 aromatic carbocycles. The second-order valence-electron chi connectivity index (χ2n) is 7.21. The van der Waals surface area contributed by atoms with Crippen LogP contribution in [-0.2, 0) is 0 Å². The Morgan fingerprint density at radius 3 is 2.33 bits per heavy atom. The van der Waals surface area contributed by atoms with Gasteiger partial charge in [0, 0.05) is 5.88 Å². The molecule has 0 aromatic heterocycles. The molecule has 0 saturated heterocycles. The Morgan fingerprint density at radius 1 is 1.29 bits per heavy atom. The summed E-state index contributed by atoms with van der Waals surface area (Å²) < 4.78 is 0. The van der Waals surface area contributed by atoms with Gasteiger partial charge in [-0.15, -0.1) is 11.6 Å². The van der Waals surface area contributed by atoms with Crippen LogP contribution in [0.2, 0.25) is 0 Å². The van der Waals surface area contributed by atoms with Crippen molar-refractivity contribution in [3.63, 3.8) is 0 Å². The van der Waals surface area contributed by atoms with Crippen molar-refractivity contribution in [1.29, 1.82) is 0 Å². The quantitative estimate of drug-likeness (QED) is 0.412. The third-order valence-corrected chi connectivity index (χ3v) is 5.42. The van der Waals surface area contributed by atoms with E-state index in [4.69, 9.17) is 16.7 Å². The average molecular weight is 313 g/mol. The number of allylic oxidation sites excluding steroid dienone is 2. The van der Waals surface area contributed by atoms with Crippen LogP contribution in [0.1, 0.15) is 59.8 Å². The zero-order valence-corrected chi connectivity index (χ0v) is 15.0. The Kier molecular flexibility index (Phi) is 8.05. The third-order valence-electron chi connectivity index (χ3n) is 5.06. The van der Waals surface area contributed by atoms with Crippen molar-refractivity contribution < 1.29 is 5.11 Å². The topological polar surface area (TPSA) is 20.2 Å². The van der Waals surface area contributed by atoms with E-state index in [1.807, 2.05) is 0 Å². The van der Waals surface area contributed by atoms with Gasteiger partial charge < -0.3 is 5.11 Å². The van der Waals surface area contributed by atoms with E-state index >= 15 is 0 Å². The minimum atomic E-state index is 0.104. The van der Waals surface area contributed by atoms with Crippen LogP contribution in [0.15, 0.2) is 23.3 Å². The lowest BCUT2D eigenvalue weighted by atomic mass is 9.82. The molecule has 1 aliphatic rings. The van der Waals surface area contributed by atoms with Gasteiger partial charge in [-0.05, 0) is 69.6 Å². The average Bonchev–Trinajstić information content (AvgIpc) is 3.23. The first-order valence-corrected chi connectivity index (χ1v) is 8.93. The summed E-state index contributed by atoms with van der Waals surface area (Å²) in [5, 5.41) is 9.16. The van der Waals surface area contributed by atoms with Crippen molar-refractivity contribution >= 4 is 11.6 Å². The lowest BCUT2D eigenvalue weighted by molar-refractivity contribution is 0.319. The third kappa shape index (κ3) is 6.16. The van der Waals surface area contributed by atoms with Crippen LogP contribution in [0.4, 0.5) is 0 Å². The molecule has 1 aliphatic carbocycles. The highest BCUT2D eigenvalue weighted by molar-refractivity contribution is 6.18. The summed E-state index contributed by atoms with van der Waals surface area (Å²) in [7, 11) is 0. The van der Waals surface area contributed by atoms with Crippen LogP contribution < -0.4 is 0 Å². The smallest absolute Gasteiger partial charge is 0.0639 e. The summed E-state index contributed by atoms with van der Waals surface area (Å²) in [6.07, 6.45) is 6.04. The molecule has 2 heteroatoms. The first kappa shape index (κ1) is 18.8. The van der Waals surface area contributed by atoms with Crippen molar-refractivity contribution in [1.82, 2.24) is 0 Å². The van der Waals surface area contributed by atoms with Gasteiger partial charge in [0.1, 0.15) is 0 Å². The number of hydrogen-bond donors (Lipinski definition) is 1. The fourth-order valence-corrected chi connectivity index (χ4v) is 4.03. The molecule has 0 spiro atoms. The summed E-state index contributed by atoms with van der Waals surface area (Å²) in [6, 6.07) is 0. The zero-order chi connectivity index (χ0) is 16.0. The summed E-state index contributed by atoms with van der Waals surface area (Å²) in [6.45, 7) is 13.1. The fourth-order valence-electron chi connectivity index (χ4n) is 3.47. The Labute approximate surface area is 136 Å². The van der Waals surface area contributed by atoms with Gasteiger partial charge in [-0.2, -0.15) is 0 Å². The van der Waals surface area contributed by atoms with Crippen LogP contribution in [0.5, 0.6) is 0 Å². The normalized spacial score (nSPS) is 19.0. The van der Waals surface area contributed by atoms with Gasteiger partial charge in [-0.25, -0.2) is 0 Å². The molecule has 0 aliphatic heterocycles. The second kappa shape index (κ2) is 9.00. The number of rotatable bonds is 10. The number of aliphatic hydroxyl groups is 1. The predicted octanol–water partition coefficient (Wildman–Crippen LogP) is 5.58. The van der Waals surface area contributed by atoms with E-state index in [9.17, 15) is 0 Å². The van der Waals surface area contributed by atoms with E-state index in [-0.39, 0.29) is 6.61 Å². The van der Waals surface area contributed by atoms with Crippen molar-refractivity contribution in [2.24, 2.45) is 23.7 Å². The lowest BCUT2D eigenvalue weighted by Crippen LogP contribution is -2.17. The Balaban J connectivity index is 2.55. The van der Waals surface area contributed by atoms with E-state index in [1.165, 1.54) is 24.8 Å². The van der Waals surface area contributed by atoms with Gasteiger partial charge in [0.15, 0.2) is 0 Å². The largest absolute Gasteiger partial charge is 0.392 e. The maximum absolute atomic E-state index is 9.16. The molecule has 1 nitrogen and oxygen atoms in total. The molecule has 0 heterocycles. The number of halogens is 1. The van der Waals surface area contributed by atoms with Gasteiger partial charge >= 0.3 is 0 Å². The van der Waals surface area contributed by atoms with Gasteiger partial charge in [-0.1, -0.05) is 37.1 Å². The molecule has 1 fully saturated rings. The molecular weight excluding hydrogens is 280 g/mol. The molecule has 0 bridgehead atoms. The van der Waals surface area contributed by atoms with E-state index in [1.54, 1.807) is 5.57 Å². The van der Waals surface area contributed by atoms with Gasteiger partial charge in [0.2, 0.25) is 0 Å². The van der Waals surface area contributed by atoms with E-state index in [2.05, 4.69) is 34.3 Å². The molecule has 1 saturated carbocycles. The summed E-state index contributed by atoms with van der Waals surface area (Å²) >= 11 is 6.17. The molecule has 21 heavy (non-hydrogen) atoms. The monoisotopic (exact) mass is 312 g/mol. The number of hydrogen-bond acceptors (Lipinski definition) is 1. The zero-order valence-electron chi connectivity index (χ0n) is 14.3. The fraction of sp³-hybridized carbons (Fsp3) is 0.789. The minimum Gasteiger partial charge on any atom is -0.392 e. The Hall–Kier alpha value is -0.270. The molecule has 0 amide bonds. The molecule has 3 unspecified atom stereocenters. The summed E-state index contributed by atoms with van der Waals surface area (Å²) in [5.41, 5.74) is 3.90. The van der Waals surface area contributed by atoms with E-state index in [0.29, 0.717) is 17.8 Å². The highest BCUT2D eigenvalue weighted by Gasteiger charge is 2.33. The molecule has 122 valence electrons. The van der Waals surface area contributed by atoms with Crippen LogP contribution in [0, 0.1) is 23.7 Å². The lowest BCUT2D eigenvalue weighted by Gasteiger charge is -2.25. The Bertz CT molecular complexity index is 364. The van der Waals surface area contributed by atoms with Gasteiger partial charge in [0.05, 0.1) is 6.61 Å². The second-order valence-corrected chi connectivity index (χ2v) is 7.52. The molecule has 0 radical (unpaired) electrons. The highest BCUT2D eigenvalue weighted by Crippen LogP contribution is 2.43. The van der Waals surface area contributed by atoms with E-state index in [0.717, 1.165) is 30.2 Å². The van der Waals surface area contributed by atoms with Crippen molar-refractivity contribution in [3.8, 4) is 0 Å². The first-order chi connectivity index (χ1) is 9.90. The van der Waals surface area contributed by atoms with Crippen LogP contribution in [0.25, 0.3) is 0 Å². The van der Waals surface area contributed by atoms with Crippen LogP contribution in [0.3, 0.4) is 0 Å². The van der Waals surface area contributed by atoms with Gasteiger partial charge in [0.25, 0.3) is 0 Å². The maximum atomic E-state index is 9.16. The number of alkyl halides is 1. The summed E-state index contributed by atoms with van der Waals surface area (Å²) in [5.74, 6) is 3.59. The van der Waals surface area contributed by atoms with Crippen molar-refractivity contribution in [2.75, 3.05) is 12.5 Å². The first-order valence-electron chi connectivity index (χ1n) is 8.40. The molecule has 3 atom stereocenters. The number of aliphatic hydroxyl groups excluding tert-OH is 1. The van der Waals surface area contributed by atoms with Crippen molar-refractivity contribution in [3.05, 3.63) is 23.3 Å².